The molecule has 0 aliphatic carbocycles. The van der Waals surface area contributed by atoms with Crippen molar-refractivity contribution in [3.63, 3.8) is 0 Å². The maximum atomic E-state index is 11.5. The first-order valence-electron chi connectivity index (χ1n) is 4.10. The van der Waals surface area contributed by atoms with Gasteiger partial charge in [0.05, 0.1) is 17.3 Å². The van der Waals surface area contributed by atoms with Gasteiger partial charge in [-0.3, -0.25) is 0 Å². The van der Waals surface area contributed by atoms with Crippen LogP contribution in [-0.4, -0.2) is 31.0 Å². The molecule has 1 aromatic rings. The summed E-state index contributed by atoms with van der Waals surface area (Å²) in [6.07, 6.45) is 0. The summed E-state index contributed by atoms with van der Waals surface area (Å²) in [5.41, 5.74) is 0.566. The van der Waals surface area contributed by atoms with E-state index in [9.17, 15) is 8.42 Å². The highest BCUT2D eigenvalue weighted by molar-refractivity contribution is 7.91. The van der Waals surface area contributed by atoms with Crippen LogP contribution in [0.3, 0.4) is 0 Å². The number of rotatable bonds is 3. The molecule has 0 amide bonds. The van der Waals surface area contributed by atoms with Crippen molar-refractivity contribution >= 4 is 9.84 Å². The van der Waals surface area contributed by atoms with Gasteiger partial charge in [-0.15, -0.1) is 0 Å². The maximum absolute atomic E-state index is 11.5. The summed E-state index contributed by atoms with van der Waals surface area (Å²) in [4.78, 5) is 0.0755. The number of hydrogen-bond acceptors (Lipinski definition) is 4. The van der Waals surface area contributed by atoms with Crippen molar-refractivity contribution in [2.24, 2.45) is 0 Å². The van der Waals surface area contributed by atoms with E-state index >= 15 is 0 Å². The molecule has 0 radical (unpaired) electrons. The summed E-state index contributed by atoms with van der Waals surface area (Å²) in [6, 6.07) is 4.15. The van der Waals surface area contributed by atoms with Crippen molar-refractivity contribution in [2.75, 3.05) is 12.4 Å². The second-order valence-electron chi connectivity index (χ2n) is 2.99. The zero-order chi connectivity index (χ0) is 10.8. The first kappa shape index (κ1) is 11.0. The highest BCUT2D eigenvalue weighted by Gasteiger charge is 2.16. The minimum atomic E-state index is -3.47. The molecule has 1 rings (SSSR count). The van der Waals surface area contributed by atoms with Crippen LogP contribution in [0.4, 0.5) is 0 Å². The number of benzene rings is 1. The van der Waals surface area contributed by atoms with Gasteiger partial charge < -0.3 is 10.2 Å². The van der Waals surface area contributed by atoms with Crippen molar-refractivity contribution in [3.05, 3.63) is 23.8 Å². The average Bonchev–Trinajstić information content (AvgIpc) is 2.09. The van der Waals surface area contributed by atoms with Gasteiger partial charge in [0, 0.05) is 0 Å². The molecule has 1 aromatic carbocycles. The number of hydrogen-bond donors (Lipinski definition) is 2. The fraction of sp³-hybridized carbons (Fsp3) is 0.333. The third kappa shape index (κ3) is 2.24. The summed E-state index contributed by atoms with van der Waals surface area (Å²) < 4.78 is 23.1. The molecule has 0 atom stereocenters. The van der Waals surface area contributed by atoms with Crippen LogP contribution in [0.25, 0.3) is 0 Å². The lowest BCUT2D eigenvalue weighted by Crippen LogP contribution is -2.11. The highest BCUT2D eigenvalue weighted by atomic mass is 32.2. The van der Waals surface area contributed by atoms with Gasteiger partial charge in [-0.2, -0.15) is 0 Å². The van der Waals surface area contributed by atoms with E-state index in [2.05, 4.69) is 0 Å². The molecule has 0 fully saturated rings. The minimum absolute atomic E-state index is 0.0755. The van der Waals surface area contributed by atoms with Crippen molar-refractivity contribution in [3.8, 4) is 5.75 Å². The molecular formula is C9H12O4S. The second-order valence-corrected chi connectivity index (χ2v) is 5.07. The third-order valence-corrected chi connectivity index (χ3v) is 3.70. The molecule has 0 aliphatic rings. The van der Waals surface area contributed by atoms with Gasteiger partial charge in [-0.05, 0) is 24.6 Å². The Morgan fingerprint density at radius 3 is 2.57 bits per heavy atom. The highest BCUT2D eigenvalue weighted by Crippen LogP contribution is 2.21. The van der Waals surface area contributed by atoms with E-state index in [1.165, 1.54) is 18.2 Å². The Bertz CT molecular complexity index is 422. The minimum Gasteiger partial charge on any atom is -0.508 e. The number of aromatic hydroxyl groups is 1. The van der Waals surface area contributed by atoms with Crippen LogP contribution in [0, 0.1) is 6.92 Å². The van der Waals surface area contributed by atoms with Crippen molar-refractivity contribution in [2.45, 2.75) is 11.8 Å². The Morgan fingerprint density at radius 1 is 1.36 bits per heavy atom. The second kappa shape index (κ2) is 3.98. The van der Waals surface area contributed by atoms with Crippen LogP contribution in [0.1, 0.15) is 5.56 Å². The molecule has 0 aromatic heterocycles. The normalized spacial score (nSPS) is 11.6. The Morgan fingerprint density at radius 2 is 2.00 bits per heavy atom. The molecule has 0 bridgehead atoms. The van der Waals surface area contributed by atoms with Crippen LogP contribution >= 0.6 is 0 Å². The standard InChI is InChI=1S/C9H12O4S/c1-7-2-3-8(11)6-9(7)14(12,13)5-4-10/h2-3,6,10-11H,4-5H2,1H3. The molecule has 14 heavy (non-hydrogen) atoms. The van der Waals surface area contributed by atoms with Gasteiger partial charge in [0.25, 0.3) is 0 Å². The van der Waals surface area contributed by atoms with Gasteiger partial charge in [-0.25, -0.2) is 8.42 Å². The summed E-state index contributed by atoms with van der Waals surface area (Å²) in [6.45, 7) is 1.22. The molecule has 0 saturated carbocycles. The summed E-state index contributed by atoms with van der Waals surface area (Å²) in [7, 11) is -3.47. The fourth-order valence-corrected chi connectivity index (χ4v) is 2.47. The molecule has 4 nitrogen and oxygen atoms in total. The van der Waals surface area contributed by atoms with Gasteiger partial charge in [0.1, 0.15) is 5.75 Å². The molecule has 2 N–H and O–H groups in total. The summed E-state index contributed by atoms with van der Waals surface area (Å²) >= 11 is 0. The lowest BCUT2D eigenvalue weighted by Gasteiger charge is -2.06. The molecule has 0 heterocycles. The van der Waals surface area contributed by atoms with Crippen LogP contribution < -0.4 is 0 Å². The van der Waals surface area contributed by atoms with Crippen molar-refractivity contribution < 1.29 is 18.6 Å². The third-order valence-electron chi connectivity index (χ3n) is 1.87. The van der Waals surface area contributed by atoms with Crippen molar-refractivity contribution in [1.82, 2.24) is 0 Å². The lowest BCUT2D eigenvalue weighted by atomic mass is 10.2. The predicted molar refractivity (Wildman–Crippen MR) is 52.0 cm³/mol. The number of aliphatic hydroxyl groups excluding tert-OH is 1. The smallest absolute Gasteiger partial charge is 0.181 e. The van der Waals surface area contributed by atoms with Gasteiger partial charge in [-0.1, -0.05) is 6.07 Å². The summed E-state index contributed by atoms with van der Waals surface area (Å²) in [5.74, 6) is -0.413. The number of phenolic OH excluding ortho intramolecular Hbond substituents is 1. The van der Waals surface area contributed by atoms with E-state index in [1.807, 2.05) is 0 Å². The molecule has 0 aliphatic heterocycles. The number of aryl methyl sites for hydroxylation is 1. The number of sulfone groups is 1. The molecular weight excluding hydrogens is 204 g/mol. The quantitative estimate of drug-likeness (QED) is 0.770. The molecule has 0 saturated heterocycles. The monoisotopic (exact) mass is 216 g/mol. The largest absolute Gasteiger partial charge is 0.508 e. The Hall–Kier alpha value is -1.07. The SMILES string of the molecule is Cc1ccc(O)cc1S(=O)(=O)CCO. The van der Waals surface area contributed by atoms with E-state index in [4.69, 9.17) is 10.2 Å². The van der Waals surface area contributed by atoms with Gasteiger partial charge >= 0.3 is 0 Å². The topological polar surface area (TPSA) is 74.6 Å². The molecule has 5 heteroatoms. The van der Waals surface area contributed by atoms with Gasteiger partial charge in [0.2, 0.25) is 0 Å². The zero-order valence-corrected chi connectivity index (χ0v) is 8.58. The van der Waals surface area contributed by atoms with E-state index in [1.54, 1.807) is 6.92 Å². The van der Waals surface area contributed by atoms with Crippen LogP contribution in [-0.2, 0) is 9.84 Å². The predicted octanol–water partition coefficient (Wildman–Crippen LogP) is 0.467. The Labute approximate surface area is 82.7 Å². The number of phenols is 1. The Balaban J connectivity index is 3.25. The Kier molecular flexibility index (Phi) is 3.13. The molecule has 78 valence electrons. The van der Waals surface area contributed by atoms with Crippen molar-refractivity contribution in [1.29, 1.82) is 0 Å². The van der Waals surface area contributed by atoms with E-state index in [-0.39, 0.29) is 16.4 Å². The van der Waals surface area contributed by atoms with Crippen LogP contribution in [0.2, 0.25) is 0 Å². The first-order valence-corrected chi connectivity index (χ1v) is 5.76. The van der Waals surface area contributed by atoms with E-state index < -0.39 is 16.4 Å². The van der Waals surface area contributed by atoms with E-state index in [0.29, 0.717) is 5.56 Å². The lowest BCUT2D eigenvalue weighted by molar-refractivity contribution is 0.319. The fourth-order valence-electron chi connectivity index (χ4n) is 1.15. The zero-order valence-electron chi connectivity index (χ0n) is 7.77. The first-order chi connectivity index (χ1) is 6.47. The van der Waals surface area contributed by atoms with Crippen LogP contribution in [0.5, 0.6) is 5.75 Å². The summed E-state index contributed by atoms with van der Waals surface area (Å²) in [5, 5.41) is 17.7. The maximum Gasteiger partial charge on any atom is 0.181 e. The molecule has 0 spiro atoms. The average molecular weight is 216 g/mol. The molecule has 0 unspecified atom stereocenters. The number of aliphatic hydroxyl groups is 1. The van der Waals surface area contributed by atoms with Gasteiger partial charge in [0.15, 0.2) is 9.84 Å². The van der Waals surface area contributed by atoms with Crippen LogP contribution in [0.15, 0.2) is 23.1 Å². The van der Waals surface area contributed by atoms with E-state index in [0.717, 1.165) is 0 Å².